The molecule has 0 spiro atoms. The van der Waals surface area contributed by atoms with E-state index in [0.29, 0.717) is 45.1 Å². The first-order chi connectivity index (χ1) is 15.9. The molecule has 1 atom stereocenters. The van der Waals surface area contributed by atoms with E-state index >= 15 is 0 Å². The number of carbonyl (C=O) groups excluding carboxylic acids is 2. The van der Waals surface area contributed by atoms with Gasteiger partial charge in [-0.1, -0.05) is 44.7 Å². The van der Waals surface area contributed by atoms with Gasteiger partial charge in [0.25, 0.3) is 0 Å². The molecule has 188 valence electrons. The van der Waals surface area contributed by atoms with Crippen LogP contribution < -0.4 is 4.74 Å². The summed E-state index contributed by atoms with van der Waals surface area (Å²) in [7, 11) is 0. The van der Waals surface area contributed by atoms with E-state index in [1.165, 1.54) is 19.3 Å². The van der Waals surface area contributed by atoms with Gasteiger partial charge in [0.1, 0.15) is 12.4 Å². The Morgan fingerprint density at radius 1 is 0.909 bits per heavy atom. The van der Waals surface area contributed by atoms with Gasteiger partial charge in [0, 0.05) is 19.6 Å². The molecule has 0 aliphatic rings. The Labute approximate surface area is 199 Å². The van der Waals surface area contributed by atoms with Gasteiger partial charge in [-0.15, -0.1) is 0 Å². The van der Waals surface area contributed by atoms with Crippen molar-refractivity contribution in [2.24, 2.45) is 0 Å². The molecule has 0 N–H and O–H groups in total. The summed E-state index contributed by atoms with van der Waals surface area (Å²) in [5.41, 5.74) is 0.961. The summed E-state index contributed by atoms with van der Waals surface area (Å²) in [6.45, 7) is 11.8. The summed E-state index contributed by atoms with van der Waals surface area (Å²) >= 11 is 0. The smallest absolute Gasteiger partial charge is 0.410 e. The Balaban J connectivity index is 2.56. The number of esters is 1. The van der Waals surface area contributed by atoms with Gasteiger partial charge in [0.15, 0.2) is 6.10 Å². The average molecular weight is 466 g/mol. The maximum Gasteiger partial charge on any atom is 0.410 e. The van der Waals surface area contributed by atoms with E-state index in [-0.39, 0.29) is 18.2 Å². The van der Waals surface area contributed by atoms with Crippen molar-refractivity contribution in [2.75, 3.05) is 32.9 Å². The second-order valence-electron chi connectivity index (χ2n) is 8.23. The zero-order valence-electron chi connectivity index (χ0n) is 21.1. The number of rotatable bonds is 17. The van der Waals surface area contributed by atoms with Crippen molar-refractivity contribution < 1.29 is 28.5 Å². The van der Waals surface area contributed by atoms with Crippen LogP contribution in [-0.4, -0.2) is 62.1 Å². The number of amides is 1. The molecule has 1 rings (SSSR count). The fourth-order valence-corrected chi connectivity index (χ4v) is 3.33. The summed E-state index contributed by atoms with van der Waals surface area (Å²) in [5, 5.41) is 0. The van der Waals surface area contributed by atoms with Crippen molar-refractivity contribution in [3.05, 3.63) is 29.8 Å². The zero-order valence-corrected chi connectivity index (χ0v) is 21.1. The molecular formula is C26H43NO6. The van der Waals surface area contributed by atoms with Crippen molar-refractivity contribution in [1.82, 2.24) is 4.90 Å². The lowest BCUT2D eigenvalue weighted by Crippen LogP contribution is -2.37. The van der Waals surface area contributed by atoms with Gasteiger partial charge in [0.2, 0.25) is 0 Å². The molecule has 7 heteroatoms. The Morgan fingerprint density at radius 2 is 1.61 bits per heavy atom. The highest BCUT2D eigenvalue weighted by atomic mass is 16.6. The second-order valence-corrected chi connectivity index (χ2v) is 8.23. The molecule has 0 saturated heterocycles. The molecule has 33 heavy (non-hydrogen) atoms. The van der Waals surface area contributed by atoms with E-state index < -0.39 is 6.10 Å². The predicted molar refractivity (Wildman–Crippen MR) is 130 cm³/mol. The van der Waals surface area contributed by atoms with Crippen molar-refractivity contribution in [1.29, 1.82) is 0 Å². The third-order valence-electron chi connectivity index (χ3n) is 5.02. The molecule has 0 fully saturated rings. The number of benzene rings is 1. The lowest BCUT2D eigenvalue weighted by molar-refractivity contribution is -0.156. The van der Waals surface area contributed by atoms with E-state index in [9.17, 15) is 9.59 Å². The van der Waals surface area contributed by atoms with Crippen molar-refractivity contribution in [2.45, 2.75) is 85.4 Å². The molecule has 0 bridgehead atoms. The zero-order chi connectivity index (χ0) is 24.5. The van der Waals surface area contributed by atoms with Crippen LogP contribution in [-0.2, 0) is 25.4 Å². The van der Waals surface area contributed by atoms with Gasteiger partial charge in [-0.05, 0) is 51.8 Å². The molecule has 0 radical (unpaired) electrons. The van der Waals surface area contributed by atoms with E-state index in [2.05, 4.69) is 6.92 Å². The molecule has 0 unspecified atom stereocenters. The van der Waals surface area contributed by atoms with Crippen molar-refractivity contribution >= 4 is 12.1 Å². The van der Waals surface area contributed by atoms with Crippen LogP contribution in [0.1, 0.15) is 72.3 Å². The number of nitrogens with zero attached hydrogens (tertiary/aromatic N) is 1. The van der Waals surface area contributed by atoms with Gasteiger partial charge < -0.3 is 23.8 Å². The molecule has 1 aromatic rings. The maximum absolute atomic E-state index is 12.4. The predicted octanol–water partition coefficient (Wildman–Crippen LogP) is 5.39. The average Bonchev–Trinajstić information content (AvgIpc) is 2.78. The minimum atomic E-state index is -0.612. The van der Waals surface area contributed by atoms with Crippen LogP contribution in [0.25, 0.3) is 0 Å². The Morgan fingerprint density at radius 3 is 2.21 bits per heavy atom. The SMILES string of the molecule is CCCCCCCN(CCOc1ccc(C[C@H](OCC)C(=O)OCC)cc1)C(=O)OC(C)C. The van der Waals surface area contributed by atoms with E-state index in [1.54, 1.807) is 11.8 Å². The normalized spacial score (nSPS) is 11.8. The van der Waals surface area contributed by atoms with Crippen LogP contribution in [0.3, 0.4) is 0 Å². The lowest BCUT2D eigenvalue weighted by atomic mass is 10.1. The summed E-state index contributed by atoms with van der Waals surface area (Å²) in [4.78, 5) is 26.2. The van der Waals surface area contributed by atoms with Crippen LogP contribution >= 0.6 is 0 Å². The molecule has 0 aromatic heterocycles. The molecule has 1 amide bonds. The number of carbonyl (C=O) groups is 2. The molecule has 0 saturated carbocycles. The van der Waals surface area contributed by atoms with E-state index in [4.69, 9.17) is 18.9 Å². The third-order valence-corrected chi connectivity index (χ3v) is 5.02. The molecule has 0 heterocycles. The van der Waals surface area contributed by atoms with Gasteiger partial charge in [0.05, 0.1) is 19.3 Å². The summed E-state index contributed by atoms with van der Waals surface area (Å²) in [6.07, 6.45) is 5.07. The standard InChI is InChI=1S/C26H43NO6/c1-6-9-10-11-12-17-27(26(29)33-21(4)5)18-19-32-23-15-13-22(14-16-23)20-24(30-7-2)25(28)31-8-3/h13-16,21,24H,6-12,17-20H2,1-5H3/t24-/m0/s1. The first kappa shape index (κ1) is 28.8. The summed E-state index contributed by atoms with van der Waals surface area (Å²) in [6, 6.07) is 7.56. The van der Waals surface area contributed by atoms with Gasteiger partial charge in [-0.2, -0.15) is 0 Å². The summed E-state index contributed by atoms with van der Waals surface area (Å²) in [5.74, 6) is 0.366. The van der Waals surface area contributed by atoms with E-state index in [1.807, 2.05) is 45.0 Å². The number of ether oxygens (including phenoxy) is 4. The number of hydrogen-bond donors (Lipinski definition) is 0. The highest BCUT2D eigenvalue weighted by Crippen LogP contribution is 2.15. The quantitative estimate of drug-likeness (QED) is 0.227. The second kappa shape index (κ2) is 17.2. The van der Waals surface area contributed by atoms with E-state index in [0.717, 1.165) is 18.4 Å². The fourth-order valence-electron chi connectivity index (χ4n) is 3.33. The molecule has 1 aromatic carbocycles. The molecule has 7 nitrogen and oxygen atoms in total. The van der Waals surface area contributed by atoms with Crippen molar-refractivity contribution in [3.8, 4) is 5.75 Å². The van der Waals surface area contributed by atoms with Crippen LogP contribution in [0.4, 0.5) is 4.79 Å². The number of unbranched alkanes of at least 4 members (excludes halogenated alkanes) is 4. The van der Waals surface area contributed by atoms with Crippen LogP contribution in [0.5, 0.6) is 5.75 Å². The van der Waals surface area contributed by atoms with Gasteiger partial charge >= 0.3 is 12.1 Å². The number of hydrogen-bond acceptors (Lipinski definition) is 6. The minimum absolute atomic E-state index is 0.149. The molecular weight excluding hydrogens is 422 g/mol. The maximum atomic E-state index is 12.4. The molecule has 0 aliphatic heterocycles. The minimum Gasteiger partial charge on any atom is -0.492 e. The highest BCUT2D eigenvalue weighted by molar-refractivity contribution is 5.75. The van der Waals surface area contributed by atoms with Crippen LogP contribution in [0.2, 0.25) is 0 Å². The Bertz CT molecular complexity index is 661. The fraction of sp³-hybridized carbons (Fsp3) is 0.692. The highest BCUT2D eigenvalue weighted by Gasteiger charge is 2.20. The topological polar surface area (TPSA) is 74.3 Å². The van der Waals surface area contributed by atoms with Gasteiger partial charge in [-0.3, -0.25) is 0 Å². The van der Waals surface area contributed by atoms with Crippen molar-refractivity contribution in [3.63, 3.8) is 0 Å². The Hall–Kier alpha value is -2.28. The van der Waals surface area contributed by atoms with Gasteiger partial charge in [-0.25, -0.2) is 9.59 Å². The monoisotopic (exact) mass is 465 g/mol. The largest absolute Gasteiger partial charge is 0.492 e. The van der Waals surface area contributed by atoms with Crippen LogP contribution in [0, 0.1) is 0 Å². The van der Waals surface area contributed by atoms with Crippen LogP contribution in [0.15, 0.2) is 24.3 Å². The first-order valence-corrected chi connectivity index (χ1v) is 12.4. The molecule has 0 aliphatic carbocycles. The third kappa shape index (κ3) is 12.5. The Kier molecular flexibility index (Phi) is 15.0. The lowest BCUT2D eigenvalue weighted by Gasteiger charge is -2.23. The summed E-state index contributed by atoms with van der Waals surface area (Å²) < 4.78 is 21.9. The first-order valence-electron chi connectivity index (χ1n) is 12.4.